The molecule has 0 saturated heterocycles. The van der Waals surface area contributed by atoms with Gasteiger partial charge in [-0.25, -0.2) is 0 Å². The molecule has 0 aliphatic heterocycles. The number of rotatable bonds is 4. The second-order valence-electron chi connectivity index (χ2n) is 5.18. The Hall–Kier alpha value is -0.860. The van der Waals surface area contributed by atoms with Gasteiger partial charge in [-0.1, -0.05) is 44.0 Å². The van der Waals surface area contributed by atoms with E-state index in [1.165, 1.54) is 36.8 Å². The summed E-state index contributed by atoms with van der Waals surface area (Å²) in [7, 11) is 1.67. The van der Waals surface area contributed by atoms with Crippen LogP contribution in [-0.4, -0.2) is 7.11 Å². The Bertz CT molecular complexity index is 343. The van der Waals surface area contributed by atoms with E-state index in [0.29, 0.717) is 0 Å². The van der Waals surface area contributed by atoms with Gasteiger partial charge < -0.3 is 4.84 Å². The molecule has 0 unspecified atom stereocenters. The predicted octanol–water partition coefficient (Wildman–Crippen LogP) is 3.63. The van der Waals surface area contributed by atoms with Crippen molar-refractivity contribution in [1.29, 1.82) is 0 Å². The summed E-state index contributed by atoms with van der Waals surface area (Å²) >= 11 is 0. The summed E-state index contributed by atoms with van der Waals surface area (Å²) in [5.41, 5.74) is 5.85. The molecule has 1 fully saturated rings. The Labute approximate surface area is 104 Å². The van der Waals surface area contributed by atoms with Crippen molar-refractivity contribution in [3.8, 4) is 0 Å². The summed E-state index contributed by atoms with van der Waals surface area (Å²) in [4.78, 5) is 4.96. The smallest absolute Gasteiger partial charge is 0.0572 e. The number of hydroxylamine groups is 1. The average Bonchev–Trinajstić information content (AvgIpc) is 2.38. The minimum Gasteiger partial charge on any atom is -0.305 e. The van der Waals surface area contributed by atoms with E-state index in [-0.39, 0.29) is 0 Å². The fraction of sp³-hybridized carbons (Fsp3) is 0.600. The van der Waals surface area contributed by atoms with Crippen LogP contribution in [0.4, 0.5) is 0 Å². The van der Waals surface area contributed by atoms with Crippen LogP contribution in [0.1, 0.15) is 49.7 Å². The molecular weight excluding hydrogens is 210 g/mol. The van der Waals surface area contributed by atoms with Gasteiger partial charge >= 0.3 is 0 Å². The molecule has 0 atom stereocenters. The van der Waals surface area contributed by atoms with E-state index in [0.717, 1.165) is 18.4 Å². The molecule has 17 heavy (non-hydrogen) atoms. The van der Waals surface area contributed by atoms with Gasteiger partial charge in [-0.05, 0) is 35.8 Å². The lowest BCUT2D eigenvalue weighted by molar-refractivity contribution is 0.0864. The second kappa shape index (κ2) is 6.18. The normalized spacial score (nSPS) is 24.8. The van der Waals surface area contributed by atoms with Gasteiger partial charge in [-0.3, -0.25) is 0 Å². The van der Waals surface area contributed by atoms with E-state index in [9.17, 15) is 0 Å². The van der Waals surface area contributed by atoms with Crippen LogP contribution in [0.25, 0.3) is 0 Å². The Kier molecular flexibility index (Phi) is 4.57. The van der Waals surface area contributed by atoms with Crippen molar-refractivity contribution >= 4 is 0 Å². The number of hydrogen-bond acceptors (Lipinski definition) is 2. The van der Waals surface area contributed by atoms with Gasteiger partial charge in [0, 0.05) is 6.54 Å². The van der Waals surface area contributed by atoms with E-state index in [1.807, 2.05) is 0 Å². The van der Waals surface area contributed by atoms with Crippen LogP contribution >= 0.6 is 0 Å². The van der Waals surface area contributed by atoms with Gasteiger partial charge in [0.05, 0.1) is 7.11 Å². The third-order valence-corrected chi connectivity index (χ3v) is 3.92. The largest absolute Gasteiger partial charge is 0.305 e. The molecule has 0 amide bonds. The molecule has 2 rings (SSSR count). The van der Waals surface area contributed by atoms with E-state index >= 15 is 0 Å². The Balaban J connectivity index is 2.08. The first-order valence-electron chi connectivity index (χ1n) is 6.65. The Morgan fingerprint density at radius 2 is 1.88 bits per heavy atom. The predicted molar refractivity (Wildman–Crippen MR) is 70.7 cm³/mol. The molecule has 2 heteroatoms. The van der Waals surface area contributed by atoms with Crippen LogP contribution < -0.4 is 5.48 Å². The standard InChI is InChI=1S/C15H23NO/c1-12-7-9-13(10-8-12)15-6-4-3-5-14(15)11-16-17-2/h3-6,12-13,16H,7-11H2,1-2H3. The minimum atomic E-state index is 0.751. The zero-order valence-electron chi connectivity index (χ0n) is 10.9. The topological polar surface area (TPSA) is 21.3 Å². The lowest BCUT2D eigenvalue weighted by Crippen LogP contribution is -2.16. The molecule has 0 heterocycles. The SMILES string of the molecule is CONCc1ccccc1C1CCC(C)CC1. The van der Waals surface area contributed by atoms with E-state index < -0.39 is 0 Å². The Morgan fingerprint density at radius 1 is 1.18 bits per heavy atom. The van der Waals surface area contributed by atoms with Crippen molar-refractivity contribution in [2.75, 3.05) is 7.11 Å². The van der Waals surface area contributed by atoms with Gasteiger partial charge in [0.25, 0.3) is 0 Å². The Morgan fingerprint density at radius 3 is 2.59 bits per heavy atom. The molecule has 0 aromatic heterocycles. The maximum Gasteiger partial charge on any atom is 0.0572 e. The van der Waals surface area contributed by atoms with E-state index in [2.05, 4.69) is 36.7 Å². The van der Waals surface area contributed by atoms with Gasteiger partial charge in [0.1, 0.15) is 0 Å². The first-order valence-corrected chi connectivity index (χ1v) is 6.65. The number of nitrogens with one attached hydrogen (secondary N) is 1. The maximum absolute atomic E-state index is 4.96. The highest BCUT2D eigenvalue weighted by Gasteiger charge is 2.21. The van der Waals surface area contributed by atoms with Crippen LogP contribution in [0, 0.1) is 5.92 Å². The molecule has 1 aliphatic carbocycles. The van der Waals surface area contributed by atoms with Gasteiger partial charge in [-0.2, -0.15) is 5.48 Å². The van der Waals surface area contributed by atoms with Crippen LogP contribution in [0.5, 0.6) is 0 Å². The molecule has 1 aromatic carbocycles. The summed E-state index contributed by atoms with van der Waals surface area (Å²) in [6.45, 7) is 3.17. The molecule has 0 bridgehead atoms. The summed E-state index contributed by atoms with van der Waals surface area (Å²) in [6.07, 6.45) is 5.42. The van der Waals surface area contributed by atoms with Crippen molar-refractivity contribution in [2.24, 2.45) is 5.92 Å². The van der Waals surface area contributed by atoms with Crippen LogP contribution in [0.2, 0.25) is 0 Å². The second-order valence-corrected chi connectivity index (χ2v) is 5.18. The average molecular weight is 233 g/mol. The van der Waals surface area contributed by atoms with Gasteiger partial charge in [-0.15, -0.1) is 0 Å². The molecule has 1 aromatic rings. The van der Waals surface area contributed by atoms with Crippen LogP contribution in [0.3, 0.4) is 0 Å². The number of benzene rings is 1. The van der Waals surface area contributed by atoms with Gasteiger partial charge in [0.2, 0.25) is 0 Å². The molecular formula is C15H23NO. The lowest BCUT2D eigenvalue weighted by Gasteiger charge is -2.28. The van der Waals surface area contributed by atoms with E-state index in [1.54, 1.807) is 7.11 Å². The molecule has 94 valence electrons. The molecule has 1 N–H and O–H groups in total. The van der Waals surface area contributed by atoms with Crippen molar-refractivity contribution < 1.29 is 4.84 Å². The summed E-state index contributed by atoms with van der Waals surface area (Å²) in [6, 6.07) is 8.76. The monoisotopic (exact) mass is 233 g/mol. The fourth-order valence-corrected chi connectivity index (χ4v) is 2.81. The first-order chi connectivity index (χ1) is 8.31. The van der Waals surface area contributed by atoms with E-state index in [4.69, 9.17) is 4.84 Å². The highest BCUT2D eigenvalue weighted by molar-refractivity contribution is 5.30. The van der Waals surface area contributed by atoms with Crippen molar-refractivity contribution in [2.45, 2.75) is 45.1 Å². The molecule has 1 saturated carbocycles. The lowest BCUT2D eigenvalue weighted by atomic mass is 9.78. The third kappa shape index (κ3) is 3.30. The first kappa shape index (κ1) is 12.6. The van der Waals surface area contributed by atoms with Crippen LogP contribution in [-0.2, 0) is 11.4 Å². The zero-order valence-corrected chi connectivity index (χ0v) is 10.9. The highest BCUT2D eigenvalue weighted by Crippen LogP contribution is 2.36. The molecule has 1 aliphatic rings. The zero-order chi connectivity index (χ0) is 12.1. The third-order valence-electron chi connectivity index (χ3n) is 3.92. The molecule has 0 radical (unpaired) electrons. The summed E-state index contributed by atoms with van der Waals surface area (Å²) in [5, 5.41) is 0. The fourth-order valence-electron chi connectivity index (χ4n) is 2.81. The molecule has 2 nitrogen and oxygen atoms in total. The van der Waals surface area contributed by atoms with Crippen molar-refractivity contribution in [3.05, 3.63) is 35.4 Å². The highest BCUT2D eigenvalue weighted by atomic mass is 16.6. The number of hydrogen-bond donors (Lipinski definition) is 1. The van der Waals surface area contributed by atoms with Crippen molar-refractivity contribution in [1.82, 2.24) is 5.48 Å². The summed E-state index contributed by atoms with van der Waals surface area (Å²) < 4.78 is 0. The van der Waals surface area contributed by atoms with Crippen LogP contribution in [0.15, 0.2) is 24.3 Å². The molecule has 0 spiro atoms. The minimum absolute atomic E-state index is 0.751. The maximum atomic E-state index is 4.96. The quantitative estimate of drug-likeness (QED) is 0.802. The van der Waals surface area contributed by atoms with Crippen molar-refractivity contribution in [3.63, 3.8) is 0 Å². The van der Waals surface area contributed by atoms with Gasteiger partial charge in [0.15, 0.2) is 0 Å². The summed E-state index contributed by atoms with van der Waals surface area (Å²) in [5.74, 6) is 1.66.